The highest BCUT2D eigenvalue weighted by atomic mass is 19.1. The molecule has 5 heteroatoms. The van der Waals surface area contributed by atoms with E-state index in [0.717, 1.165) is 0 Å². The van der Waals surface area contributed by atoms with Crippen LogP contribution in [0.4, 0.5) is 4.39 Å². The van der Waals surface area contributed by atoms with Gasteiger partial charge in [-0.05, 0) is 17.7 Å². The number of aliphatic hydroxyl groups excluding tert-OH is 1. The van der Waals surface area contributed by atoms with Crippen LogP contribution in [0.25, 0.3) is 0 Å². The molecular weight excluding hydrogens is 237 g/mol. The standard InChI is InChI=1S/C13H18FNO3/c14-11-3-1-2-10(6-11)12(16)7-15-8-13(17)4-5-18-9-13/h1-3,6,12,15-17H,4-5,7-9H2. The first-order valence-corrected chi connectivity index (χ1v) is 6.03. The summed E-state index contributed by atoms with van der Waals surface area (Å²) >= 11 is 0. The van der Waals surface area contributed by atoms with Crippen LogP contribution in [0.2, 0.25) is 0 Å². The number of benzene rings is 1. The minimum absolute atomic E-state index is 0.270. The number of hydrogen-bond donors (Lipinski definition) is 3. The molecule has 1 aromatic rings. The van der Waals surface area contributed by atoms with Crippen molar-refractivity contribution in [3.63, 3.8) is 0 Å². The molecule has 1 fully saturated rings. The maximum Gasteiger partial charge on any atom is 0.123 e. The fourth-order valence-corrected chi connectivity index (χ4v) is 2.01. The highest BCUT2D eigenvalue weighted by Crippen LogP contribution is 2.18. The summed E-state index contributed by atoms with van der Waals surface area (Å²) in [7, 11) is 0. The first-order chi connectivity index (χ1) is 8.59. The molecule has 0 aliphatic carbocycles. The van der Waals surface area contributed by atoms with Crippen molar-refractivity contribution in [1.82, 2.24) is 5.32 Å². The van der Waals surface area contributed by atoms with Gasteiger partial charge in [-0.25, -0.2) is 4.39 Å². The van der Waals surface area contributed by atoms with E-state index >= 15 is 0 Å². The van der Waals surface area contributed by atoms with Gasteiger partial charge in [0, 0.05) is 26.1 Å². The number of halogens is 1. The minimum Gasteiger partial charge on any atom is -0.387 e. The Balaban J connectivity index is 1.79. The summed E-state index contributed by atoms with van der Waals surface area (Å²) in [6.07, 6.45) is -0.192. The van der Waals surface area contributed by atoms with Gasteiger partial charge < -0.3 is 20.3 Å². The third kappa shape index (κ3) is 3.49. The van der Waals surface area contributed by atoms with Gasteiger partial charge in [-0.3, -0.25) is 0 Å². The molecule has 1 aromatic carbocycles. The van der Waals surface area contributed by atoms with Crippen LogP contribution >= 0.6 is 0 Å². The van der Waals surface area contributed by atoms with E-state index in [1.54, 1.807) is 12.1 Å². The lowest BCUT2D eigenvalue weighted by atomic mass is 10.0. The van der Waals surface area contributed by atoms with Gasteiger partial charge in [-0.15, -0.1) is 0 Å². The van der Waals surface area contributed by atoms with Crippen molar-refractivity contribution in [2.45, 2.75) is 18.1 Å². The van der Waals surface area contributed by atoms with E-state index in [-0.39, 0.29) is 12.4 Å². The van der Waals surface area contributed by atoms with Crippen molar-refractivity contribution in [3.05, 3.63) is 35.6 Å². The zero-order valence-corrected chi connectivity index (χ0v) is 10.1. The maximum absolute atomic E-state index is 13.0. The van der Waals surface area contributed by atoms with Gasteiger partial charge in [-0.2, -0.15) is 0 Å². The molecule has 0 amide bonds. The van der Waals surface area contributed by atoms with Crippen LogP contribution in [0.15, 0.2) is 24.3 Å². The SMILES string of the molecule is OC(CNCC1(O)CCOC1)c1cccc(F)c1. The van der Waals surface area contributed by atoms with Crippen LogP contribution in [0.1, 0.15) is 18.1 Å². The Hall–Kier alpha value is -1.01. The molecular formula is C13H18FNO3. The fourth-order valence-electron chi connectivity index (χ4n) is 2.01. The average molecular weight is 255 g/mol. The van der Waals surface area contributed by atoms with Crippen molar-refractivity contribution in [2.24, 2.45) is 0 Å². The summed E-state index contributed by atoms with van der Waals surface area (Å²) < 4.78 is 18.1. The number of ether oxygens (including phenoxy) is 1. The van der Waals surface area contributed by atoms with Crippen molar-refractivity contribution < 1.29 is 19.3 Å². The van der Waals surface area contributed by atoms with Crippen LogP contribution in [0.5, 0.6) is 0 Å². The normalized spacial score (nSPS) is 25.3. The van der Waals surface area contributed by atoms with E-state index in [0.29, 0.717) is 31.7 Å². The van der Waals surface area contributed by atoms with Gasteiger partial charge in [0.1, 0.15) is 11.4 Å². The van der Waals surface area contributed by atoms with Crippen LogP contribution in [0, 0.1) is 5.82 Å². The molecule has 0 radical (unpaired) electrons. The molecule has 2 atom stereocenters. The maximum atomic E-state index is 13.0. The largest absolute Gasteiger partial charge is 0.387 e. The summed E-state index contributed by atoms with van der Waals surface area (Å²) in [5.41, 5.74) is -0.320. The minimum atomic E-state index is -0.846. The molecule has 0 bridgehead atoms. The Labute approximate surface area is 105 Å². The van der Waals surface area contributed by atoms with Gasteiger partial charge in [0.05, 0.1) is 12.7 Å². The van der Waals surface area contributed by atoms with Gasteiger partial charge in [0.25, 0.3) is 0 Å². The number of rotatable bonds is 5. The van der Waals surface area contributed by atoms with E-state index in [4.69, 9.17) is 4.74 Å². The molecule has 2 rings (SSSR count). The molecule has 2 unspecified atom stereocenters. The zero-order chi connectivity index (χ0) is 13.0. The third-order valence-electron chi connectivity index (χ3n) is 3.11. The molecule has 1 aliphatic rings. The predicted octanol–water partition coefficient (Wildman–Crippen LogP) is 0.600. The highest BCUT2D eigenvalue weighted by molar-refractivity contribution is 5.18. The second-order valence-corrected chi connectivity index (χ2v) is 4.73. The van der Waals surface area contributed by atoms with E-state index < -0.39 is 11.7 Å². The summed E-state index contributed by atoms with van der Waals surface area (Å²) in [5, 5.41) is 22.8. The highest BCUT2D eigenvalue weighted by Gasteiger charge is 2.31. The number of hydrogen-bond acceptors (Lipinski definition) is 4. The first-order valence-electron chi connectivity index (χ1n) is 6.03. The topological polar surface area (TPSA) is 61.7 Å². The van der Waals surface area contributed by atoms with Gasteiger partial charge >= 0.3 is 0 Å². The Morgan fingerprint density at radius 3 is 3.00 bits per heavy atom. The third-order valence-corrected chi connectivity index (χ3v) is 3.11. The Bertz CT molecular complexity index is 394. The van der Waals surface area contributed by atoms with Crippen molar-refractivity contribution in [1.29, 1.82) is 0 Å². The molecule has 100 valence electrons. The van der Waals surface area contributed by atoms with E-state index in [1.165, 1.54) is 12.1 Å². The lowest BCUT2D eigenvalue weighted by Gasteiger charge is -2.22. The molecule has 18 heavy (non-hydrogen) atoms. The summed E-state index contributed by atoms with van der Waals surface area (Å²) in [4.78, 5) is 0. The monoisotopic (exact) mass is 255 g/mol. The average Bonchev–Trinajstić information content (AvgIpc) is 2.76. The fraction of sp³-hybridized carbons (Fsp3) is 0.538. The Morgan fingerprint density at radius 1 is 1.50 bits per heavy atom. The van der Waals surface area contributed by atoms with Crippen LogP contribution in [-0.4, -0.2) is 42.1 Å². The van der Waals surface area contributed by atoms with Gasteiger partial charge in [0.2, 0.25) is 0 Å². The van der Waals surface area contributed by atoms with E-state index in [2.05, 4.69) is 5.32 Å². The second kappa shape index (κ2) is 5.75. The lowest BCUT2D eigenvalue weighted by Crippen LogP contribution is -2.42. The van der Waals surface area contributed by atoms with Gasteiger partial charge in [-0.1, -0.05) is 12.1 Å². The molecule has 0 spiro atoms. The zero-order valence-electron chi connectivity index (χ0n) is 10.1. The van der Waals surface area contributed by atoms with Crippen molar-refractivity contribution in [2.75, 3.05) is 26.3 Å². The quantitative estimate of drug-likeness (QED) is 0.721. The summed E-state index contributed by atoms with van der Waals surface area (Å²) in [5.74, 6) is -0.366. The molecule has 1 aliphatic heterocycles. The second-order valence-electron chi connectivity index (χ2n) is 4.73. The Kier molecular flexibility index (Phi) is 4.29. The van der Waals surface area contributed by atoms with Crippen molar-refractivity contribution in [3.8, 4) is 0 Å². The molecule has 0 saturated carbocycles. The van der Waals surface area contributed by atoms with Crippen LogP contribution in [-0.2, 0) is 4.74 Å². The van der Waals surface area contributed by atoms with Crippen LogP contribution < -0.4 is 5.32 Å². The van der Waals surface area contributed by atoms with Crippen LogP contribution in [0.3, 0.4) is 0 Å². The van der Waals surface area contributed by atoms with Crippen molar-refractivity contribution >= 4 is 0 Å². The predicted molar refractivity (Wildman–Crippen MR) is 64.6 cm³/mol. The molecule has 4 nitrogen and oxygen atoms in total. The number of nitrogens with one attached hydrogen (secondary N) is 1. The van der Waals surface area contributed by atoms with Gasteiger partial charge in [0.15, 0.2) is 0 Å². The molecule has 3 N–H and O–H groups in total. The van der Waals surface area contributed by atoms with E-state index in [9.17, 15) is 14.6 Å². The summed E-state index contributed by atoms with van der Waals surface area (Å²) in [6, 6.07) is 5.87. The first kappa shape index (κ1) is 13.4. The summed E-state index contributed by atoms with van der Waals surface area (Å²) in [6.45, 7) is 1.51. The lowest BCUT2D eigenvalue weighted by molar-refractivity contribution is 0.0244. The smallest absolute Gasteiger partial charge is 0.123 e. The van der Waals surface area contributed by atoms with E-state index in [1.807, 2.05) is 0 Å². The Morgan fingerprint density at radius 2 is 2.33 bits per heavy atom. The number of aliphatic hydroxyl groups is 2. The molecule has 1 saturated heterocycles. The molecule has 1 heterocycles. The molecule has 0 aromatic heterocycles.